The van der Waals surface area contributed by atoms with Gasteiger partial charge in [-0.1, -0.05) is 24.6 Å². The number of anilines is 1. The molecule has 0 radical (unpaired) electrons. The summed E-state index contributed by atoms with van der Waals surface area (Å²) in [7, 11) is 0. The predicted molar refractivity (Wildman–Crippen MR) is 112 cm³/mol. The van der Waals surface area contributed by atoms with Crippen molar-refractivity contribution in [1.82, 2.24) is 5.16 Å². The summed E-state index contributed by atoms with van der Waals surface area (Å²) >= 11 is 0. The lowest BCUT2D eigenvalue weighted by atomic mass is 10.0. The van der Waals surface area contributed by atoms with Gasteiger partial charge < -0.3 is 14.6 Å². The largest absolute Gasteiger partial charge is 0.493 e. The fourth-order valence-corrected chi connectivity index (χ4v) is 3.37. The molecule has 0 amide bonds. The number of rotatable bonds is 10. The average molecular weight is 445 g/mol. The number of ether oxygens (including phenoxy) is 1. The Morgan fingerprint density at radius 3 is 2.78 bits per heavy atom. The molecule has 0 aliphatic rings. The van der Waals surface area contributed by atoms with Crippen LogP contribution in [0.3, 0.4) is 0 Å². The second kappa shape index (κ2) is 10.1. The van der Waals surface area contributed by atoms with Gasteiger partial charge in [0.05, 0.1) is 30.2 Å². The van der Waals surface area contributed by atoms with Gasteiger partial charge in [-0.05, 0) is 42.7 Å². The van der Waals surface area contributed by atoms with Crippen LogP contribution < -0.4 is 10.1 Å². The second-order valence-electron chi connectivity index (χ2n) is 7.12. The number of hydrogen-bond donors (Lipinski definition) is 2. The Bertz CT molecular complexity index is 1140. The molecule has 0 saturated heterocycles. The van der Waals surface area contributed by atoms with E-state index in [-0.39, 0.29) is 17.4 Å². The van der Waals surface area contributed by atoms with Crippen LogP contribution in [0, 0.1) is 16.9 Å². The van der Waals surface area contributed by atoms with Gasteiger partial charge in [0.25, 0.3) is 0 Å². The van der Waals surface area contributed by atoms with Gasteiger partial charge in [0.1, 0.15) is 11.4 Å². The summed E-state index contributed by atoms with van der Waals surface area (Å²) in [5.41, 5.74) is 8.86. The van der Waals surface area contributed by atoms with E-state index >= 15 is 0 Å². The topological polar surface area (TPSA) is 107 Å². The molecule has 0 saturated carbocycles. The molecule has 0 aliphatic heterocycles. The Balaban J connectivity index is 1.64. The monoisotopic (exact) mass is 445 g/mol. The number of nitrogens with one attached hydrogen (secondary N) is 2. The van der Waals surface area contributed by atoms with Gasteiger partial charge in [0, 0.05) is 12.1 Å². The zero-order chi connectivity index (χ0) is 23.1. The van der Waals surface area contributed by atoms with Crippen molar-refractivity contribution in [2.24, 2.45) is 5.11 Å². The summed E-state index contributed by atoms with van der Waals surface area (Å²) in [6, 6.07) is 10.2. The van der Waals surface area contributed by atoms with Gasteiger partial charge in [-0.3, -0.25) is 0 Å². The molecule has 168 valence electrons. The maximum atomic E-state index is 13.1. The molecule has 0 spiro atoms. The normalized spacial score (nSPS) is 11.3. The number of nitriles is 1. The van der Waals surface area contributed by atoms with Crippen molar-refractivity contribution in [3.8, 4) is 11.8 Å². The van der Waals surface area contributed by atoms with Gasteiger partial charge >= 0.3 is 6.18 Å². The molecule has 2 N–H and O–H groups in total. The molecule has 10 heteroatoms. The highest BCUT2D eigenvalue weighted by molar-refractivity contribution is 5.85. The van der Waals surface area contributed by atoms with Crippen molar-refractivity contribution < 1.29 is 22.4 Å². The van der Waals surface area contributed by atoms with Crippen LogP contribution in [-0.4, -0.2) is 18.3 Å². The van der Waals surface area contributed by atoms with E-state index in [4.69, 9.17) is 20.1 Å². The fraction of sp³-hybridized carbons (Fsp3) is 0.364. The molecular weight excluding hydrogens is 423 g/mol. The minimum absolute atomic E-state index is 0.0681. The number of hydrogen-bond acceptors (Lipinski definition) is 7. The van der Waals surface area contributed by atoms with Gasteiger partial charge in [-0.15, -0.1) is 0 Å². The molecule has 0 atom stereocenters. The summed E-state index contributed by atoms with van der Waals surface area (Å²) < 4.78 is 50.2. The van der Waals surface area contributed by atoms with E-state index in [0.717, 1.165) is 5.56 Å². The molecule has 1 aromatic heterocycles. The zero-order valence-electron chi connectivity index (χ0n) is 17.4. The third-order valence-corrected chi connectivity index (χ3v) is 4.83. The third-order valence-electron chi connectivity index (χ3n) is 4.83. The minimum Gasteiger partial charge on any atom is -0.493 e. The first-order valence-corrected chi connectivity index (χ1v) is 10.1. The van der Waals surface area contributed by atoms with E-state index in [1.54, 1.807) is 18.2 Å². The summed E-state index contributed by atoms with van der Waals surface area (Å²) in [4.78, 5) is 0. The predicted octanol–water partition coefficient (Wildman–Crippen LogP) is 6.41. The molecule has 0 fully saturated rings. The highest BCUT2D eigenvalue weighted by Crippen LogP contribution is 2.38. The first-order valence-electron chi connectivity index (χ1n) is 10.1. The van der Waals surface area contributed by atoms with E-state index in [1.165, 1.54) is 12.1 Å². The SMILES string of the molecule is CCCc1c(OCCCNc2ccc(CC#N)cc2N=N)ccc2c(C(F)(F)F)noc12. The number of aromatic nitrogens is 1. The van der Waals surface area contributed by atoms with Crippen molar-refractivity contribution in [1.29, 1.82) is 10.8 Å². The van der Waals surface area contributed by atoms with Crippen LogP contribution in [0.25, 0.3) is 11.0 Å². The van der Waals surface area contributed by atoms with E-state index in [2.05, 4.69) is 21.7 Å². The number of halogens is 3. The molecule has 2 aromatic carbocycles. The quantitative estimate of drug-likeness (QED) is 0.277. The van der Waals surface area contributed by atoms with Crippen LogP contribution in [0.15, 0.2) is 40.0 Å². The molecular formula is C22H22F3N5O2. The van der Waals surface area contributed by atoms with Crippen molar-refractivity contribution >= 4 is 22.3 Å². The summed E-state index contributed by atoms with van der Waals surface area (Å²) in [5, 5.41) is 18.6. The fourth-order valence-electron chi connectivity index (χ4n) is 3.37. The number of aryl methyl sites for hydroxylation is 1. The standard InChI is InChI=1S/C22H22F3N5O2/c1-2-4-15-19(8-6-16-20(15)32-30-21(16)22(23,24)25)31-12-3-11-28-17-7-5-14(9-10-26)13-18(17)29-27/h5-8,13,27-28H,2-4,9,11-12H2,1H3. The number of fused-ring (bicyclic) bond motifs is 1. The lowest BCUT2D eigenvalue weighted by Gasteiger charge is -2.13. The Hall–Kier alpha value is -3.61. The Labute approximate surface area is 182 Å². The maximum Gasteiger partial charge on any atom is 0.437 e. The van der Waals surface area contributed by atoms with Crippen LogP contribution in [0.4, 0.5) is 24.5 Å². The van der Waals surface area contributed by atoms with Crippen LogP contribution in [0.1, 0.15) is 36.6 Å². The Morgan fingerprint density at radius 2 is 2.09 bits per heavy atom. The minimum atomic E-state index is -4.58. The lowest BCUT2D eigenvalue weighted by molar-refractivity contribution is -0.141. The first kappa shape index (κ1) is 23.1. The first-order chi connectivity index (χ1) is 15.4. The van der Waals surface area contributed by atoms with E-state index < -0.39 is 11.9 Å². The van der Waals surface area contributed by atoms with Crippen molar-refractivity contribution in [2.75, 3.05) is 18.5 Å². The number of benzene rings is 2. The summed E-state index contributed by atoms with van der Waals surface area (Å²) in [5.74, 6) is 0.479. The molecule has 0 unspecified atom stereocenters. The molecule has 3 aromatic rings. The third kappa shape index (κ3) is 5.17. The van der Waals surface area contributed by atoms with Crippen LogP contribution in [-0.2, 0) is 19.0 Å². The van der Waals surface area contributed by atoms with Gasteiger partial charge in [-0.2, -0.15) is 23.5 Å². The second-order valence-corrected chi connectivity index (χ2v) is 7.12. The highest BCUT2D eigenvalue weighted by atomic mass is 19.4. The Kier molecular flexibility index (Phi) is 7.30. The van der Waals surface area contributed by atoms with Crippen LogP contribution in [0.5, 0.6) is 5.75 Å². The van der Waals surface area contributed by atoms with Gasteiger partial charge in [0.15, 0.2) is 11.3 Å². The van der Waals surface area contributed by atoms with Crippen molar-refractivity contribution in [2.45, 2.75) is 38.8 Å². The van der Waals surface area contributed by atoms with E-state index in [1.807, 2.05) is 6.92 Å². The molecule has 7 nitrogen and oxygen atoms in total. The average Bonchev–Trinajstić information content (AvgIpc) is 3.21. The molecule has 0 aliphatic carbocycles. The smallest absolute Gasteiger partial charge is 0.437 e. The van der Waals surface area contributed by atoms with Crippen LogP contribution in [0.2, 0.25) is 0 Å². The van der Waals surface area contributed by atoms with Crippen molar-refractivity contribution in [3.63, 3.8) is 0 Å². The lowest BCUT2D eigenvalue weighted by Crippen LogP contribution is -2.08. The summed E-state index contributed by atoms with van der Waals surface area (Å²) in [6.45, 7) is 2.78. The maximum absolute atomic E-state index is 13.1. The number of nitrogens with zero attached hydrogens (tertiary/aromatic N) is 3. The molecule has 32 heavy (non-hydrogen) atoms. The Morgan fingerprint density at radius 1 is 1.28 bits per heavy atom. The zero-order valence-corrected chi connectivity index (χ0v) is 17.4. The van der Waals surface area contributed by atoms with Crippen molar-refractivity contribution in [3.05, 3.63) is 47.2 Å². The van der Waals surface area contributed by atoms with Crippen LogP contribution >= 0.6 is 0 Å². The van der Waals surface area contributed by atoms with Gasteiger partial charge in [0.2, 0.25) is 0 Å². The highest BCUT2D eigenvalue weighted by Gasteiger charge is 2.37. The molecule has 3 rings (SSSR count). The van der Waals surface area contributed by atoms with E-state index in [9.17, 15) is 13.2 Å². The van der Waals surface area contributed by atoms with E-state index in [0.29, 0.717) is 55.1 Å². The molecule has 1 heterocycles. The molecule has 0 bridgehead atoms. The number of alkyl halides is 3. The summed E-state index contributed by atoms with van der Waals surface area (Å²) in [6.07, 6.45) is -2.52. The van der Waals surface area contributed by atoms with Gasteiger partial charge in [-0.25, -0.2) is 5.53 Å².